The summed E-state index contributed by atoms with van der Waals surface area (Å²) in [5.41, 5.74) is 1.29. The highest BCUT2D eigenvalue weighted by Crippen LogP contribution is 2.14. The lowest BCUT2D eigenvalue weighted by Gasteiger charge is -2.19. The smallest absolute Gasteiger partial charge is 0.434 e. The number of nitriles is 1. The Labute approximate surface area is 154 Å². The molecule has 0 atom stereocenters. The molecule has 1 aliphatic heterocycles. The van der Waals surface area contributed by atoms with Gasteiger partial charge in [0.1, 0.15) is 5.60 Å². The Morgan fingerprint density at radius 3 is 2.35 bits per heavy atom. The molecule has 2 amide bonds. The van der Waals surface area contributed by atoms with Crippen LogP contribution in [0.1, 0.15) is 51.2 Å². The molecule has 1 heterocycles. The van der Waals surface area contributed by atoms with Gasteiger partial charge in [-0.05, 0) is 51.3 Å². The molecule has 26 heavy (non-hydrogen) atoms. The van der Waals surface area contributed by atoms with Gasteiger partial charge in [0.05, 0.1) is 18.1 Å². The van der Waals surface area contributed by atoms with Crippen LogP contribution in [-0.4, -0.2) is 41.3 Å². The number of nitrogens with zero attached hydrogens (tertiary/aromatic N) is 3. The average Bonchev–Trinajstić information content (AvgIpc) is 3.08. The van der Waals surface area contributed by atoms with Crippen LogP contribution in [0.3, 0.4) is 0 Å². The molecule has 1 aliphatic rings. The molecule has 0 N–H and O–H groups in total. The van der Waals surface area contributed by atoms with Crippen LogP contribution in [0.2, 0.25) is 0 Å². The van der Waals surface area contributed by atoms with E-state index in [1.807, 2.05) is 17.0 Å². The number of rotatable bonds is 4. The van der Waals surface area contributed by atoms with Crippen LogP contribution in [0.4, 0.5) is 4.79 Å². The number of carbonyl (C=O) groups excluding carboxylic acids is 2. The normalized spacial score (nSPS) is 14.8. The summed E-state index contributed by atoms with van der Waals surface area (Å²) in [5, 5.41) is 8.89. The van der Waals surface area contributed by atoms with Crippen molar-refractivity contribution in [2.24, 2.45) is 4.99 Å². The van der Waals surface area contributed by atoms with Crippen LogP contribution < -0.4 is 0 Å². The summed E-state index contributed by atoms with van der Waals surface area (Å²) in [6.45, 7) is 6.84. The predicted octanol–water partition coefficient (Wildman–Crippen LogP) is 3.49. The highest BCUT2D eigenvalue weighted by molar-refractivity contribution is 6.05. The molecule has 0 spiro atoms. The van der Waals surface area contributed by atoms with E-state index >= 15 is 0 Å². The minimum Gasteiger partial charge on any atom is -0.442 e. The SMILES string of the molecule is CC(C)(C)OC(=O)N=C(CC(=O)N1CCCC1)Cc1ccc(C#N)cc1. The van der Waals surface area contributed by atoms with E-state index in [0.29, 0.717) is 17.7 Å². The first-order chi connectivity index (χ1) is 12.3. The van der Waals surface area contributed by atoms with Crippen molar-refractivity contribution in [2.45, 2.75) is 52.1 Å². The molecule has 6 heteroatoms. The zero-order valence-electron chi connectivity index (χ0n) is 15.6. The molecule has 0 radical (unpaired) electrons. The van der Waals surface area contributed by atoms with E-state index in [1.165, 1.54) is 0 Å². The van der Waals surface area contributed by atoms with Gasteiger partial charge < -0.3 is 9.64 Å². The lowest BCUT2D eigenvalue weighted by molar-refractivity contribution is -0.128. The van der Waals surface area contributed by atoms with Crippen LogP contribution in [0, 0.1) is 11.3 Å². The van der Waals surface area contributed by atoms with Gasteiger partial charge in [0.15, 0.2) is 0 Å². The molecule has 0 unspecified atom stereocenters. The molecule has 1 aromatic carbocycles. The molecular formula is C20H25N3O3. The molecule has 1 aromatic rings. The highest BCUT2D eigenvalue weighted by Gasteiger charge is 2.21. The molecule has 6 nitrogen and oxygen atoms in total. The number of benzene rings is 1. The Morgan fingerprint density at radius 1 is 1.19 bits per heavy atom. The van der Waals surface area contributed by atoms with Crippen molar-refractivity contribution in [3.8, 4) is 6.07 Å². The lowest BCUT2D eigenvalue weighted by Crippen LogP contribution is -2.30. The largest absolute Gasteiger partial charge is 0.442 e. The number of aliphatic imine (C=N–C) groups is 1. The highest BCUT2D eigenvalue weighted by atomic mass is 16.6. The van der Waals surface area contributed by atoms with E-state index in [9.17, 15) is 9.59 Å². The first-order valence-electron chi connectivity index (χ1n) is 8.83. The van der Waals surface area contributed by atoms with E-state index in [0.717, 1.165) is 31.5 Å². The van der Waals surface area contributed by atoms with Gasteiger partial charge in [-0.1, -0.05) is 12.1 Å². The van der Waals surface area contributed by atoms with Gasteiger partial charge in [-0.2, -0.15) is 10.3 Å². The topological polar surface area (TPSA) is 82.8 Å². The molecule has 0 bridgehead atoms. The van der Waals surface area contributed by atoms with Gasteiger partial charge in [-0.25, -0.2) is 4.79 Å². The van der Waals surface area contributed by atoms with E-state index < -0.39 is 11.7 Å². The van der Waals surface area contributed by atoms with Gasteiger partial charge in [-0.3, -0.25) is 4.79 Å². The fourth-order valence-corrected chi connectivity index (χ4v) is 2.74. The maximum atomic E-state index is 12.5. The summed E-state index contributed by atoms with van der Waals surface area (Å²) in [5.74, 6) is -0.0153. The van der Waals surface area contributed by atoms with Gasteiger partial charge >= 0.3 is 6.09 Å². The van der Waals surface area contributed by atoms with E-state index in [4.69, 9.17) is 10.00 Å². The summed E-state index contributed by atoms with van der Waals surface area (Å²) in [6.07, 6.45) is 1.80. The van der Waals surface area contributed by atoms with Gasteiger partial charge in [-0.15, -0.1) is 0 Å². The number of carbonyl (C=O) groups is 2. The maximum absolute atomic E-state index is 12.5. The third kappa shape index (κ3) is 6.32. The Kier molecular flexibility index (Phi) is 6.51. The van der Waals surface area contributed by atoms with Crippen molar-refractivity contribution < 1.29 is 14.3 Å². The molecule has 138 valence electrons. The summed E-state index contributed by atoms with van der Waals surface area (Å²) >= 11 is 0. The zero-order valence-corrected chi connectivity index (χ0v) is 15.6. The molecule has 0 aliphatic carbocycles. The lowest BCUT2D eigenvalue weighted by atomic mass is 10.0. The summed E-state index contributed by atoms with van der Waals surface area (Å²) in [4.78, 5) is 30.4. The standard InChI is InChI=1S/C20H25N3O3/c1-20(2,3)26-19(25)22-17(13-18(24)23-10-4-5-11-23)12-15-6-8-16(14-21)9-7-15/h6-9H,4-5,10-13H2,1-3H3. The third-order valence-electron chi connectivity index (χ3n) is 3.95. The first kappa shape index (κ1) is 19.6. The fourth-order valence-electron chi connectivity index (χ4n) is 2.74. The van der Waals surface area contributed by atoms with Crippen molar-refractivity contribution in [3.63, 3.8) is 0 Å². The number of hydrogen-bond donors (Lipinski definition) is 0. The van der Waals surface area contributed by atoms with E-state index in [-0.39, 0.29) is 12.3 Å². The quantitative estimate of drug-likeness (QED) is 0.774. The predicted molar refractivity (Wildman–Crippen MR) is 99.0 cm³/mol. The number of amides is 2. The van der Waals surface area contributed by atoms with Gasteiger partial charge in [0.25, 0.3) is 0 Å². The maximum Gasteiger partial charge on any atom is 0.434 e. The first-order valence-corrected chi connectivity index (χ1v) is 8.83. The molecule has 0 saturated carbocycles. The van der Waals surface area contributed by atoms with Gasteiger partial charge in [0.2, 0.25) is 5.91 Å². The summed E-state index contributed by atoms with van der Waals surface area (Å²) in [6, 6.07) is 9.11. The zero-order chi connectivity index (χ0) is 19.2. The second kappa shape index (κ2) is 8.61. The monoisotopic (exact) mass is 355 g/mol. The summed E-state index contributed by atoms with van der Waals surface area (Å²) < 4.78 is 5.26. The van der Waals surface area contributed by atoms with Crippen LogP contribution in [0.5, 0.6) is 0 Å². The Hall–Kier alpha value is -2.68. The number of hydrogen-bond acceptors (Lipinski definition) is 4. The third-order valence-corrected chi connectivity index (χ3v) is 3.95. The number of ether oxygens (including phenoxy) is 1. The second-order valence-electron chi connectivity index (χ2n) is 7.41. The van der Waals surface area contributed by atoms with Crippen molar-refractivity contribution in [3.05, 3.63) is 35.4 Å². The van der Waals surface area contributed by atoms with Crippen LogP contribution >= 0.6 is 0 Å². The summed E-state index contributed by atoms with van der Waals surface area (Å²) in [7, 11) is 0. The van der Waals surface area contributed by atoms with Crippen molar-refractivity contribution in [1.82, 2.24) is 4.90 Å². The van der Waals surface area contributed by atoms with Crippen molar-refractivity contribution in [2.75, 3.05) is 13.1 Å². The second-order valence-corrected chi connectivity index (χ2v) is 7.41. The average molecular weight is 355 g/mol. The minimum absolute atomic E-state index is 0.0153. The molecule has 1 saturated heterocycles. The fraction of sp³-hybridized carbons (Fsp3) is 0.500. The Balaban J connectivity index is 2.14. The Morgan fingerprint density at radius 2 is 1.81 bits per heavy atom. The van der Waals surface area contributed by atoms with Crippen molar-refractivity contribution >= 4 is 17.7 Å². The van der Waals surface area contributed by atoms with Crippen LogP contribution in [-0.2, 0) is 16.0 Å². The molecular weight excluding hydrogens is 330 g/mol. The van der Waals surface area contributed by atoms with Crippen LogP contribution in [0.15, 0.2) is 29.3 Å². The van der Waals surface area contributed by atoms with E-state index in [1.54, 1.807) is 32.9 Å². The molecule has 1 fully saturated rings. The van der Waals surface area contributed by atoms with E-state index in [2.05, 4.69) is 11.1 Å². The molecule has 2 rings (SSSR count). The van der Waals surface area contributed by atoms with Crippen LogP contribution in [0.25, 0.3) is 0 Å². The van der Waals surface area contributed by atoms with Crippen molar-refractivity contribution in [1.29, 1.82) is 5.26 Å². The molecule has 0 aromatic heterocycles. The number of likely N-dealkylation sites (tertiary alicyclic amines) is 1. The van der Waals surface area contributed by atoms with Gasteiger partial charge in [0, 0.05) is 25.2 Å². The Bertz CT molecular complexity index is 718. The minimum atomic E-state index is -0.685.